The van der Waals surface area contributed by atoms with Crippen molar-refractivity contribution >= 4 is 16.9 Å². The third-order valence-corrected chi connectivity index (χ3v) is 4.20. The molecule has 1 atom stereocenters. The molecule has 2 heterocycles. The fraction of sp³-hybridized carbons (Fsp3) is 0.263. The Labute approximate surface area is 146 Å². The summed E-state index contributed by atoms with van der Waals surface area (Å²) >= 11 is 0. The van der Waals surface area contributed by atoms with E-state index in [0.29, 0.717) is 6.54 Å². The number of carbonyl (C=O) groups is 1. The van der Waals surface area contributed by atoms with E-state index in [2.05, 4.69) is 20.6 Å². The van der Waals surface area contributed by atoms with Gasteiger partial charge in [0.1, 0.15) is 5.75 Å². The number of benzene rings is 1. The first-order chi connectivity index (χ1) is 12.2. The van der Waals surface area contributed by atoms with Gasteiger partial charge in [-0.1, -0.05) is 6.07 Å². The Hall–Kier alpha value is -3.02. The molecule has 0 aliphatic rings. The van der Waals surface area contributed by atoms with Crippen LogP contribution in [0.2, 0.25) is 0 Å². The highest BCUT2D eigenvalue weighted by molar-refractivity contribution is 5.89. The quantitative estimate of drug-likeness (QED) is 0.646. The number of rotatable bonds is 6. The standard InChI is InChI=1S/C19H22N4O2/c1-13(14-6-9-20-10-7-14)23-19(24)21-11-8-15-12-22-16-4-3-5-17(25-2)18(15)16/h3-7,9-10,12-13,22H,8,11H2,1-2H3,(H2,21,23,24). The van der Waals surface area contributed by atoms with Gasteiger partial charge in [-0.25, -0.2) is 4.79 Å². The van der Waals surface area contributed by atoms with E-state index in [0.717, 1.165) is 34.2 Å². The number of methoxy groups -OCH3 is 1. The molecule has 1 aromatic carbocycles. The molecule has 0 aliphatic carbocycles. The van der Waals surface area contributed by atoms with Crippen molar-refractivity contribution in [2.45, 2.75) is 19.4 Å². The number of fused-ring (bicyclic) bond motifs is 1. The number of carbonyl (C=O) groups excluding carboxylic acids is 1. The van der Waals surface area contributed by atoms with E-state index >= 15 is 0 Å². The number of aromatic amines is 1. The maximum Gasteiger partial charge on any atom is 0.315 e. The predicted octanol–water partition coefficient (Wildman–Crippen LogP) is 3.17. The zero-order valence-corrected chi connectivity index (χ0v) is 14.4. The highest BCUT2D eigenvalue weighted by Gasteiger charge is 2.11. The predicted molar refractivity (Wildman–Crippen MR) is 97.7 cm³/mol. The van der Waals surface area contributed by atoms with Crippen LogP contribution in [-0.4, -0.2) is 29.7 Å². The average molecular weight is 338 g/mol. The van der Waals surface area contributed by atoms with E-state index < -0.39 is 0 Å². The molecule has 6 heteroatoms. The van der Waals surface area contributed by atoms with Crippen LogP contribution < -0.4 is 15.4 Å². The lowest BCUT2D eigenvalue weighted by Crippen LogP contribution is -2.38. The van der Waals surface area contributed by atoms with Gasteiger partial charge in [-0.2, -0.15) is 0 Å². The Morgan fingerprint density at radius 3 is 2.84 bits per heavy atom. The first-order valence-electron chi connectivity index (χ1n) is 8.26. The van der Waals surface area contributed by atoms with Crippen LogP contribution in [0.15, 0.2) is 48.9 Å². The molecule has 0 aliphatic heterocycles. The SMILES string of the molecule is COc1cccc2[nH]cc(CCNC(=O)NC(C)c3ccncc3)c12. The lowest BCUT2D eigenvalue weighted by molar-refractivity contribution is 0.238. The summed E-state index contributed by atoms with van der Waals surface area (Å²) in [6.45, 7) is 2.49. The van der Waals surface area contributed by atoms with Crippen molar-refractivity contribution in [1.82, 2.24) is 20.6 Å². The van der Waals surface area contributed by atoms with E-state index in [9.17, 15) is 4.79 Å². The summed E-state index contributed by atoms with van der Waals surface area (Å²) in [5.41, 5.74) is 3.17. The van der Waals surface area contributed by atoms with Crippen molar-refractivity contribution in [3.8, 4) is 5.75 Å². The first kappa shape index (κ1) is 16.8. The zero-order valence-electron chi connectivity index (χ0n) is 14.4. The number of amides is 2. The van der Waals surface area contributed by atoms with Gasteiger partial charge in [-0.15, -0.1) is 0 Å². The lowest BCUT2D eigenvalue weighted by atomic mass is 10.1. The number of pyridine rings is 1. The molecule has 0 fully saturated rings. The monoisotopic (exact) mass is 338 g/mol. The largest absolute Gasteiger partial charge is 0.496 e. The summed E-state index contributed by atoms with van der Waals surface area (Å²) in [5.74, 6) is 0.838. The molecule has 0 spiro atoms. The Kier molecular flexibility index (Phi) is 5.18. The molecule has 25 heavy (non-hydrogen) atoms. The fourth-order valence-electron chi connectivity index (χ4n) is 2.88. The van der Waals surface area contributed by atoms with E-state index in [1.54, 1.807) is 19.5 Å². The molecule has 0 saturated heterocycles. The van der Waals surface area contributed by atoms with Crippen molar-refractivity contribution in [2.75, 3.05) is 13.7 Å². The van der Waals surface area contributed by atoms with E-state index in [1.165, 1.54) is 0 Å². The minimum absolute atomic E-state index is 0.0730. The van der Waals surface area contributed by atoms with Crippen LogP contribution in [0.5, 0.6) is 5.75 Å². The molecule has 6 nitrogen and oxygen atoms in total. The molecule has 3 aromatic rings. The Morgan fingerprint density at radius 2 is 2.08 bits per heavy atom. The van der Waals surface area contributed by atoms with Crippen LogP contribution in [0.25, 0.3) is 10.9 Å². The number of urea groups is 1. The number of hydrogen-bond acceptors (Lipinski definition) is 3. The van der Waals surface area contributed by atoms with Crippen LogP contribution >= 0.6 is 0 Å². The molecule has 3 N–H and O–H groups in total. The molecule has 3 rings (SSSR count). The second-order valence-corrected chi connectivity index (χ2v) is 5.85. The van der Waals surface area contributed by atoms with Gasteiger partial charge in [0.05, 0.1) is 13.2 Å². The molecule has 0 radical (unpaired) electrons. The van der Waals surface area contributed by atoms with Crippen LogP contribution in [0, 0.1) is 0 Å². The van der Waals surface area contributed by atoms with E-state index in [4.69, 9.17) is 4.74 Å². The molecule has 1 unspecified atom stereocenters. The van der Waals surface area contributed by atoms with Crippen molar-refractivity contribution in [1.29, 1.82) is 0 Å². The minimum atomic E-state index is -0.184. The summed E-state index contributed by atoms with van der Waals surface area (Å²) in [6, 6.07) is 9.43. The van der Waals surface area contributed by atoms with Gasteiger partial charge in [-0.3, -0.25) is 4.98 Å². The second kappa shape index (κ2) is 7.70. The second-order valence-electron chi connectivity index (χ2n) is 5.85. The van der Waals surface area contributed by atoms with Gasteiger partial charge in [0.25, 0.3) is 0 Å². The molecule has 130 valence electrons. The number of hydrogen-bond donors (Lipinski definition) is 3. The summed E-state index contributed by atoms with van der Waals surface area (Å²) in [7, 11) is 1.66. The summed E-state index contributed by atoms with van der Waals surface area (Å²) in [4.78, 5) is 19.3. The van der Waals surface area contributed by atoms with Crippen LogP contribution in [-0.2, 0) is 6.42 Å². The number of ether oxygens (including phenoxy) is 1. The number of nitrogens with one attached hydrogen (secondary N) is 3. The third-order valence-electron chi connectivity index (χ3n) is 4.20. The normalized spacial score (nSPS) is 11.9. The number of aromatic nitrogens is 2. The first-order valence-corrected chi connectivity index (χ1v) is 8.26. The smallest absolute Gasteiger partial charge is 0.315 e. The maximum atomic E-state index is 12.1. The highest BCUT2D eigenvalue weighted by atomic mass is 16.5. The molecule has 0 bridgehead atoms. The van der Waals surface area contributed by atoms with E-state index in [-0.39, 0.29) is 12.1 Å². The third kappa shape index (κ3) is 3.91. The van der Waals surface area contributed by atoms with Gasteiger partial charge < -0.3 is 20.4 Å². The number of nitrogens with zero attached hydrogens (tertiary/aromatic N) is 1. The summed E-state index contributed by atoms with van der Waals surface area (Å²) in [5, 5.41) is 6.90. The van der Waals surface area contributed by atoms with Crippen LogP contribution in [0.4, 0.5) is 4.79 Å². The van der Waals surface area contributed by atoms with E-state index in [1.807, 2.05) is 43.5 Å². The van der Waals surface area contributed by atoms with Crippen molar-refractivity contribution in [3.05, 3.63) is 60.0 Å². The molecule has 2 amide bonds. The van der Waals surface area contributed by atoms with Crippen LogP contribution in [0.3, 0.4) is 0 Å². The fourth-order valence-corrected chi connectivity index (χ4v) is 2.88. The maximum absolute atomic E-state index is 12.1. The number of H-pyrrole nitrogens is 1. The Morgan fingerprint density at radius 1 is 1.28 bits per heavy atom. The highest BCUT2D eigenvalue weighted by Crippen LogP contribution is 2.28. The van der Waals surface area contributed by atoms with Crippen molar-refractivity contribution in [2.24, 2.45) is 0 Å². The molecule has 0 saturated carbocycles. The summed E-state index contributed by atoms with van der Waals surface area (Å²) < 4.78 is 5.43. The van der Waals surface area contributed by atoms with Crippen molar-refractivity contribution < 1.29 is 9.53 Å². The Balaban J connectivity index is 1.55. The van der Waals surface area contributed by atoms with Gasteiger partial charge >= 0.3 is 6.03 Å². The summed E-state index contributed by atoms with van der Waals surface area (Å²) in [6.07, 6.45) is 6.12. The molecular weight excluding hydrogens is 316 g/mol. The topological polar surface area (TPSA) is 79.0 Å². The average Bonchev–Trinajstić information content (AvgIpc) is 3.05. The lowest BCUT2D eigenvalue weighted by Gasteiger charge is -2.14. The molecule has 2 aromatic heterocycles. The van der Waals surface area contributed by atoms with Crippen molar-refractivity contribution in [3.63, 3.8) is 0 Å². The van der Waals surface area contributed by atoms with Gasteiger partial charge in [0.15, 0.2) is 0 Å². The zero-order chi connectivity index (χ0) is 17.6. The van der Waals surface area contributed by atoms with Gasteiger partial charge in [0, 0.05) is 36.0 Å². The minimum Gasteiger partial charge on any atom is -0.496 e. The Bertz CT molecular complexity index is 845. The van der Waals surface area contributed by atoms with Crippen LogP contribution in [0.1, 0.15) is 24.1 Å². The van der Waals surface area contributed by atoms with Gasteiger partial charge in [-0.05, 0) is 48.7 Å². The molecular formula is C19H22N4O2. The van der Waals surface area contributed by atoms with Gasteiger partial charge in [0.2, 0.25) is 0 Å².